The van der Waals surface area contributed by atoms with Gasteiger partial charge in [0.05, 0.1) is 6.54 Å². The zero-order chi connectivity index (χ0) is 16.7. The lowest BCUT2D eigenvalue weighted by molar-refractivity contribution is -0.136. The number of rotatable bonds is 6. The molecule has 1 saturated heterocycles. The summed E-state index contributed by atoms with van der Waals surface area (Å²) >= 11 is 0. The second kappa shape index (κ2) is 8.31. The Kier molecular flexibility index (Phi) is 6.14. The maximum atomic E-state index is 12.1. The average molecular weight is 317 g/mol. The van der Waals surface area contributed by atoms with Crippen molar-refractivity contribution in [2.75, 3.05) is 25.0 Å². The molecule has 6 nitrogen and oxygen atoms in total. The Balaban J connectivity index is 1.92. The molecule has 0 spiro atoms. The number of nitrogens with one attached hydrogen (secondary N) is 2. The standard InChI is InChI=1S/C17H23N3O3/c1-2-9-18-17(23)13-6-5-7-14(11-13)19-15(21)12-20-10-4-3-8-16(20)22/h5-7,11H,2-4,8-10,12H2,1H3,(H,18,23)(H,19,21). The highest BCUT2D eigenvalue weighted by atomic mass is 16.2. The van der Waals surface area contributed by atoms with Crippen molar-refractivity contribution in [3.05, 3.63) is 29.8 Å². The van der Waals surface area contributed by atoms with Gasteiger partial charge in [0.25, 0.3) is 5.91 Å². The first-order valence-electron chi connectivity index (χ1n) is 8.06. The van der Waals surface area contributed by atoms with E-state index in [-0.39, 0.29) is 24.3 Å². The molecular weight excluding hydrogens is 294 g/mol. The Morgan fingerprint density at radius 1 is 1.26 bits per heavy atom. The molecule has 1 heterocycles. The number of anilines is 1. The minimum absolute atomic E-state index is 0.0269. The Morgan fingerprint density at radius 2 is 2.09 bits per heavy atom. The normalized spacial score (nSPS) is 14.5. The molecule has 0 bridgehead atoms. The number of benzene rings is 1. The number of carbonyl (C=O) groups excluding carboxylic acids is 3. The van der Waals surface area contributed by atoms with Crippen LogP contribution in [0.4, 0.5) is 5.69 Å². The molecule has 1 aromatic rings. The number of amides is 3. The smallest absolute Gasteiger partial charge is 0.251 e. The van der Waals surface area contributed by atoms with Gasteiger partial charge in [-0.2, -0.15) is 0 Å². The minimum Gasteiger partial charge on any atom is -0.352 e. The van der Waals surface area contributed by atoms with Gasteiger partial charge in [-0.05, 0) is 37.5 Å². The SMILES string of the molecule is CCCNC(=O)c1cccc(NC(=O)CN2CCCCC2=O)c1. The van der Waals surface area contributed by atoms with E-state index < -0.39 is 0 Å². The van der Waals surface area contributed by atoms with Gasteiger partial charge in [0, 0.05) is 30.8 Å². The lowest BCUT2D eigenvalue weighted by atomic mass is 10.1. The first-order valence-corrected chi connectivity index (χ1v) is 8.06. The number of piperidine rings is 1. The van der Waals surface area contributed by atoms with Gasteiger partial charge in [-0.25, -0.2) is 0 Å². The van der Waals surface area contributed by atoms with Crippen LogP contribution in [0.1, 0.15) is 43.0 Å². The van der Waals surface area contributed by atoms with E-state index in [0.29, 0.717) is 30.8 Å². The van der Waals surface area contributed by atoms with Gasteiger partial charge in [0.15, 0.2) is 0 Å². The molecule has 2 rings (SSSR count). The fourth-order valence-electron chi connectivity index (χ4n) is 2.48. The Hall–Kier alpha value is -2.37. The maximum absolute atomic E-state index is 12.1. The van der Waals surface area contributed by atoms with Gasteiger partial charge in [-0.15, -0.1) is 0 Å². The van der Waals surface area contributed by atoms with Crippen molar-refractivity contribution in [2.45, 2.75) is 32.6 Å². The predicted octanol–water partition coefficient (Wildman–Crippen LogP) is 1.78. The van der Waals surface area contributed by atoms with Gasteiger partial charge in [0.1, 0.15) is 0 Å². The molecule has 0 unspecified atom stereocenters. The zero-order valence-corrected chi connectivity index (χ0v) is 13.4. The summed E-state index contributed by atoms with van der Waals surface area (Å²) in [5.74, 6) is -0.375. The van der Waals surface area contributed by atoms with Crippen LogP contribution < -0.4 is 10.6 Å². The summed E-state index contributed by atoms with van der Waals surface area (Å²) in [4.78, 5) is 37.3. The van der Waals surface area contributed by atoms with E-state index in [1.54, 1.807) is 29.2 Å². The van der Waals surface area contributed by atoms with Crippen molar-refractivity contribution in [1.82, 2.24) is 10.2 Å². The topological polar surface area (TPSA) is 78.5 Å². The lowest BCUT2D eigenvalue weighted by Crippen LogP contribution is -2.40. The molecule has 0 aliphatic carbocycles. The number of likely N-dealkylation sites (tertiary alicyclic amines) is 1. The lowest BCUT2D eigenvalue weighted by Gasteiger charge is -2.26. The van der Waals surface area contributed by atoms with Crippen LogP contribution in [0.25, 0.3) is 0 Å². The predicted molar refractivity (Wildman–Crippen MR) is 88.1 cm³/mol. The molecule has 6 heteroatoms. The van der Waals surface area contributed by atoms with Gasteiger partial charge >= 0.3 is 0 Å². The van der Waals surface area contributed by atoms with Crippen LogP contribution in [0.2, 0.25) is 0 Å². The second-order valence-electron chi connectivity index (χ2n) is 5.66. The molecule has 2 N–H and O–H groups in total. The maximum Gasteiger partial charge on any atom is 0.251 e. The molecule has 0 aromatic heterocycles. The summed E-state index contributed by atoms with van der Waals surface area (Å²) in [6.45, 7) is 3.29. The summed E-state index contributed by atoms with van der Waals surface area (Å²) in [6, 6.07) is 6.80. The van der Waals surface area contributed by atoms with E-state index in [1.807, 2.05) is 6.92 Å². The molecule has 1 aliphatic rings. The van der Waals surface area contributed by atoms with Crippen LogP contribution >= 0.6 is 0 Å². The first-order chi connectivity index (χ1) is 11.1. The fraction of sp³-hybridized carbons (Fsp3) is 0.471. The Morgan fingerprint density at radius 3 is 2.83 bits per heavy atom. The highest BCUT2D eigenvalue weighted by molar-refractivity contribution is 5.98. The van der Waals surface area contributed by atoms with Crippen molar-refractivity contribution in [3.63, 3.8) is 0 Å². The van der Waals surface area contributed by atoms with Crippen molar-refractivity contribution < 1.29 is 14.4 Å². The van der Waals surface area contributed by atoms with Crippen LogP contribution in [-0.4, -0.2) is 42.3 Å². The molecule has 124 valence electrons. The summed E-state index contributed by atoms with van der Waals surface area (Å²) in [7, 11) is 0. The molecule has 1 aliphatic heterocycles. The van der Waals surface area contributed by atoms with E-state index in [2.05, 4.69) is 10.6 Å². The van der Waals surface area contributed by atoms with Gasteiger partial charge < -0.3 is 15.5 Å². The van der Waals surface area contributed by atoms with Gasteiger partial charge in [0.2, 0.25) is 11.8 Å². The monoisotopic (exact) mass is 317 g/mol. The van der Waals surface area contributed by atoms with Crippen LogP contribution in [0.3, 0.4) is 0 Å². The highest BCUT2D eigenvalue weighted by Crippen LogP contribution is 2.13. The minimum atomic E-state index is -0.244. The number of hydrogen-bond donors (Lipinski definition) is 2. The number of carbonyl (C=O) groups is 3. The molecule has 3 amide bonds. The van der Waals surface area contributed by atoms with Crippen LogP contribution in [0, 0.1) is 0 Å². The van der Waals surface area contributed by atoms with Crippen molar-refractivity contribution in [2.24, 2.45) is 0 Å². The summed E-state index contributed by atoms with van der Waals surface area (Å²) in [5.41, 5.74) is 1.06. The van der Waals surface area contributed by atoms with Crippen molar-refractivity contribution >= 4 is 23.4 Å². The number of nitrogens with zero attached hydrogens (tertiary/aromatic N) is 1. The summed E-state index contributed by atoms with van der Waals surface area (Å²) in [6.07, 6.45) is 3.21. The zero-order valence-electron chi connectivity index (χ0n) is 13.4. The molecular formula is C17H23N3O3. The van der Waals surface area contributed by atoms with Crippen molar-refractivity contribution in [3.8, 4) is 0 Å². The third kappa shape index (κ3) is 5.09. The van der Waals surface area contributed by atoms with Crippen LogP contribution in [-0.2, 0) is 9.59 Å². The largest absolute Gasteiger partial charge is 0.352 e. The molecule has 23 heavy (non-hydrogen) atoms. The fourth-order valence-corrected chi connectivity index (χ4v) is 2.48. The molecule has 1 aromatic carbocycles. The van der Waals surface area contributed by atoms with E-state index >= 15 is 0 Å². The number of hydrogen-bond acceptors (Lipinski definition) is 3. The van der Waals surface area contributed by atoms with E-state index in [0.717, 1.165) is 19.3 Å². The Bertz CT molecular complexity index is 586. The third-order valence-electron chi connectivity index (χ3n) is 3.70. The highest BCUT2D eigenvalue weighted by Gasteiger charge is 2.20. The quantitative estimate of drug-likeness (QED) is 0.839. The first kappa shape index (κ1) is 17.0. The van der Waals surface area contributed by atoms with Crippen LogP contribution in [0.15, 0.2) is 24.3 Å². The van der Waals surface area contributed by atoms with Crippen molar-refractivity contribution in [1.29, 1.82) is 0 Å². The second-order valence-corrected chi connectivity index (χ2v) is 5.66. The molecule has 0 atom stereocenters. The van der Waals surface area contributed by atoms with E-state index in [4.69, 9.17) is 0 Å². The summed E-state index contributed by atoms with van der Waals surface area (Å²) in [5, 5.41) is 5.54. The van der Waals surface area contributed by atoms with Gasteiger partial charge in [-0.1, -0.05) is 13.0 Å². The van der Waals surface area contributed by atoms with Gasteiger partial charge in [-0.3, -0.25) is 14.4 Å². The van der Waals surface area contributed by atoms with E-state index in [1.165, 1.54) is 0 Å². The summed E-state index contributed by atoms with van der Waals surface area (Å²) < 4.78 is 0. The van der Waals surface area contributed by atoms with Crippen LogP contribution in [0.5, 0.6) is 0 Å². The average Bonchev–Trinajstić information content (AvgIpc) is 2.55. The molecule has 1 fully saturated rings. The third-order valence-corrected chi connectivity index (χ3v) is 3.70. The molecule has 0 radical (unpaired) electrons. The van der Waals surface area contributed by atoms with E-state index in [9.17, 15) is 14.4 Å². The Labute approximate surface area is 136 Å². The molecule has 0 saturated carbocycles.